The molecule has 1 saturated heterocycles. The second kappa shape index (κ2) is 6.72. The molecule has 0 radical (unpaired) electrons. The number of rotatable bonds is 3. The standard InChI is InChI=1S/C13H19NO2.ClH/c1-15-12-7-11(8-13(9-12)16-2)10-3-5-14-6-4-10;/h7-10,14H,3-6H2,1-2H3;1H. The molecular weight excluding hydrogens is 238 g/mol. The molecule has 1 aromatic carbocycles. The molecule has 96 valence electrons. The van der Waals surface area contributed by atoms with Crippen LogP contribution in [-0.4, -0.2) is 27.3 Å². The van der Waals surface area contributed by atoms with Gasteiger partial charge in [-0.25, -0.2) is 0 Å². The Bertz CT molecular complexity index is 329. The number of piperidine rings is 1. The fraction of sp³-hybridized carbons (Fsp3) is 0.538. The van der Waals surface area contributed by atoms with Crippen molar-refractivity contribution in [1.29, 1.82) is 0 Å². The molecule has 0 unspecified atom stereocenters. The first-order valence-electron chi connectivity index (χ1n) is 5.77. The van der Waals surface area contributed by atoms with E-state index >= 15 is 0 Å². The fourth-order valence-corrected chi connectivity index (χ4v) is 2.22. The molecule has 0 bridgehead atoms. The van der Waals surface area contributed by atoms with Gasteiger partial charge in [0.15, 0.2) is 0 Å². The van der Waals surface area contributed by atoms with Crippen LogP contribution in [0.4, 0.5) is 0 Å². The highest BCUT2D eigenvalue weighted by molar-refractivity contribution is 5.85. The maximum atomic E-state index is 5.29. The van der Waals surface area contributed by atoms with Gasteiger partial charge < -0.3 is 14.8 Å². The first-order chi connectivity index (χ1) is 7.83. The molecule has 0 atom stereocenters. The minimum absolute atomic E-state index is 0. The first-order valence-corrected chi connectivity index (χ1v) is 5.77. The average Bonchev–Trinajstić information content (AvgIpc) is 2.39. The summed E-state index contributed by atoms with van der Waals surface area (Å²) in [7, 11) is 3.39. The van der Waals surface area contributed by atoms with Crippen molar-refractivity contribution >= 4 is 12.4 Å². The molecule has 1 aliphatic heterocycles. The zero-order valence-corrected chi connectivity index (χ0v) is 11.2. The summed E-state index contributed by atoms with van der Waals surface area (Å²) in [5.41, 5.74) is 1.33. The Balaban J connectivity index is 0.00000144. The Labute approximate surface area is 109 Å². The molecular formula is C13H20ClNO2. The van der Waals surface area contributed by atoms with E-state index in [0.29, 0.717) is 5.92 Å². The van der Waals surface area contributed by atoms with E-state index in [-0.39, 0.29) is 12.4 Å². The molecule has 1 aliphatic rings. The van der Waals surface area contributed by atoms with E-state index in [1.165, 1.54) is 18.4 Å². The highest BCUT2D eigenvalue weighted by atomic mass is 35.5. The van der Waals surface area contributed by atoms with Gasteiger partial charge in [0.25, 0.3) is 0 Å². The van der Waals surface area contributed by atoms with Gasteiger partial charge in [0.05, 0.1) is 14.2 Å². The van der Waals surface area contributed by atoms with E-state index in [1.807, 2.05) is 6.07 Å². The molecule has 0 aliphatic carbocycles. The zero-order chi connectivity index (χ0) is 11.4. The molecule has 1 aromatic rings. The van der Waals surface area contributed by atoms with Gasteiger partial charge in [0.2, 0.25) is 0 Å². The molecule has 17 heavy (non-hydrogen) atoms. The molecule has 3 nitrogen and oxygen atoms in total. The van der Waals surface area contributed by atoms with Gasteiger partial charge in [-0.1, -0.05) is 0 Å². The van der Waals surface area contributed by atoms with E-state index in [0.717, 1.165) is 24.6 Å². The summed E-state index contributed by atoms with van der Waals surface area (Å²) >= 11 is 0. The van der Waals surface area contributed by atoms with Crippen LogP contribution in [0.2, 0.25) is 0 Å². The summed E-state index contributed by atoms with van der Waals surface area (Å²) in [4.78, 5) is 0. The first kappa shape index (κ1) is 14.1. The van der Waals surface area contributed by atoms with Crippen LogP contribution in [0.3, 0.4) is 0 Å². The SMILES string of the molecule is COc1cc(OC)cc(C2CCNCC2)c1.Cl. The highest BCUT2D eigenvalue weighted by Crippen LogP contribution is 2.31. The molecule has 1 N–H and O–H groups in total. The molecule has 2 rings (SSSR count). The van der Waals surface area contributed by atoms with Gasteiger partial charge in [-0.3, -0.25) is 0 Å². The summed E-state index contributed by atoms with van der Waals surface area (Å²) in [5, 5.41) is 3.38. The van der Waals surface area contributed by atoms with Gasteiger partial charge in [-0.15, -0.1) is 12.4 Å². The Morgan fingerprint density at radius 2 is 1.53 bits per heavy atom. The van der Waals surface area contributed by atoms with Crippen molar-refractivity contribution in [2.24, 2.45) is 0 Å². The lowest BCUT2D eigenvalue weighted by Crippen LogP contribution is -2.26. The second-order valence-corrected chi connectivity index (χ2v) is 4.17. The average molecular weight is 258 g/mol. The van der Waals surface area contributed by atoms with Crippen LogP contribution < -0.4 is 14.8 Å². The smallest absolute Gasteiger partial charge is 0.122 e. The summed E-state index contributed by atoms with van der Waals surface area (Å²) in [5.74, 6) is 2.39. The minimum Gasteiger partial charge on any atom is -0.497 e. The van der Waals surface area contributed by atoms with Gasteiger partial charge in [0, 0.05) is 6.07 Å². The van der Waals surface area contributed by atoms with E-state index in [1.54, 1.807) is 14.2 Å². The third kappa shape index (κ3) is 3.51. The van der Waals surface area contributed by atoms with Crippen LogP contribution in [0, 0.1) is 0 Å². The molecule has 0 aromatic heterocycles. The Kier molecular flexibility index (Phi) is 5.59. The van der Waals surface area contributed by atoms with Crippen molar-refractivity contribution in [3.63, 3.8) is 0 Å². The Morgan fingerprint density at radius 1 is 1.00 bits per heavy atom. The number of methoxy groups -OCH3 is 2. The van der Waals surface area contributed by atoms with Crippen LogP contribution in [0.5, 0.6) is 11.5 Å². The lowest BCUT2D eigenvalue weighted by molar-refractivity contribution is 0.390. The molecule has 1 heterocycles. The summed E-state index contributed by atoms with van der Waals surface area (Å²) in [6.07, 6.45) is 2.38. The summed E-state index contributed by atoms with van der Waals surface area (Å²) in [6, 6.07) is 6.17. The highest BCUT2D eigenvalue weighted by Gasteiger charge is 2.16. The number of benzene rings is 1. The van der Waals surface area contributed by atoms with Gasteiger partial charge in [-0.2, -0.15) is 0 Å². The fourth-order valence-electron chi connectivity index (χ4n) is 2.22. The van der Waals surface area contributed by atoms with Crippen molar-refractivity contribution < 1.29 is 9.47 Å². The largest absolute Gasteiger partial charge is 0.497 e. The normalized spacial score (nSPS) is 16.1. The third-order valence-corrected chi connectivity index (χ3v) is 3.18. The Morgan fingerprint density at radius 3 is 2.00 bits per heavy atom. The van der Waals surface area contributed by atoms with Crippen molar-refractivity contribution in [3.8, 4) is 11.5 Å². The van der Waals surface area contributed by atoms with Crippen LogP contribution in [-0.2, 0) is 0 Å². The van der Waals surface area contributed by atoms with E-state index in [2.05, 4.69) is 17.4 Å². The summed E-state index contributed by atoms with van der Waals surface area (Å²) < 4.78 is 10.6. The van der Waals surface area contributed by atoms with Gasteiger partial charge in [-0.05, 0) is 49.5 Å². The van der Waals surface area contributed by atoms with Gasteiger partial charge >= 0.3 is 0 Å². The van der Waals surface area contributed by atoms with Crippen molar-refractivity contribution in [1.82, 2.24) is 5.32 Å². The molecule has 0 spiro atoms. The molecule has 0 amide bonds. The minimum atomic E-state index is 0. The molecule has 0 saturated carbocycles. The van der Waals surface area contributed by atoms with Gasteiger partial charge in [0.1, 0.15) is 11.5 Å². The summed E-state index contributed by atoms with van der Waals surface area (Å²) in [6.45, 7) is 2.20. The lowest BCUT2D eigenvalue weighted by Gasteiger charge is -2.23. The second-order valence-electron chi connectivity index (χ2n) is 4.17. The van der Waals surface area contributed by atoms with Crippen LogP contribution in [0.1, 0.15) is 24.3 Å². The van der Waals surface area contributed by atoms with Crippen molar-refractivity contribution in [2.45, 2.75) is 18.8 Å². The van der Waals surface area contributed by atoms with Crippen LogP contribution in [0.15, 0.2) is 18.2 Å². The van der Waals surface area contributed by atoms with Crippen molar-refractivity contribution in [2.75, 3.05) is 27.3 Å². The lowest BCUT2D eigenvalue weighted by atomic mass is 9.90. The predicted octanol–water partition coefficient (Wildman–Crippen LogP) is 2.59. The molecule has 1 fully saturated rings. The Hall–Kier alpha value is -0.930. The zero-order valence-electron chi connectivity index (χ0n) is 10.4. The number of halogens is 1. The number of ether oxygens (including phenoxy) is 2. The maximum Gasteiger partial charge on any atom is 0.122 e. The van der Waals surface area contributed by atoms with Crippen LogP contribution in [0.25, 0.3) is 0 Å². The van der Waals surface area contributed by atoms with E-state index < -0.39 is 0 Å². The third-order valence-electron chi connectivity index (χ3n) is 3.18. The van der Waals surface area contributed by atoms with Crippen LogP contribution >= 0.6 is 12.4 Å². The number of hydrogen-bond acceptors (Lipinski definition) is 3. The van der Waals surface area contributed by atoms with Crippen molar-refractivity contribution in [3.05, 3.63) is 23.8 Å². The van der Waals surface area contributed by atoms with E-state index in [9.17, 15) is 0 Å². The predicted molar refractivity (Wildman–Crippen MR) is 71.6 cm³/mol. The quantitative estimate of drug-likeness (QED) is 0.903. The topological polar surface area (TPSA) is 30.5 Å². The number of nitrogens with one attached hydrogen (secondary N) is 1. The maximum absolute atomic E-state index is 5.29. The molecule has 4 heteroatoms. The van der Waals surface area contributed by atoms with E-state index in [4.69, 9.17) is 9.47 Å². The monoisotopic (exact) mass is 257 g/mol. The number of hydrogen-bond donors (Lipinski definition) is 1.